The lowest BCUT2D eigenvalue weighted by molar-refractivity contribution is 0.0381. The maximum Gasteiger partial charge on any atom is 0.258 e. The predicted octanol–water partition coefficient (Wildman–Crippen LogP) is 5.48. The van der Waals surface area contributed by atoms with Gasteiger partial charge in [-0.15, -0.1) is 0 Å². The quantitative estimate of drug-likeness (QED) is 0.421. The van der Waals surface area contributed by atoms with Gasteiger partial charge in [-0.3, -0.25) is 4.79 Å². The number of nitrogens with zero attached hydrogens (tertiary/aromatic N) is 1. The third-order valence-corrected chi connectivity index (χ3v) is 6.29. The van der Waals surface area contributed by atoms with Crippen LogP contribution >= 0.6 is 0 Å². The van der Waals surface area contributed by atoms with E-state index in [1.165, 1.54) is 5.56 Å². The first kappa shape index (κ1) is 22.9. The fourth-order valence-corrected chi connectivity index (χ4v) is 4.51. The molecule has 3 aromatic rings. The first-order valence-electron chi connectivity index (χ1n) is 11.6. The van der Waals surface area contributed by atoms with Crippen molar-refractivity contribution in [1.82, 2.24) is 4.90 Å². The summed E-state index contributed by atoms with van der Waals surface area (Å²) in [5.74, 6) is 0.855. The number of methoxy groups -OCH3 is 1. The SMILES string of the molecule is CCC1(c2ccc(OCCCc3ccccc3)cc2)Nc2ccccc2C(=O)N1CCOC. The van der Waals surface area contributed by atoms with Crippen LogP contribution in [-0.2, 0) is 16.8 Å². The van der Waals surface area contributed by atoms with Crippen LogP contribution in [-0.4, -0.2) is 37.7 Å². The van der Waals surface area contributed by atoms with E-state index in [2.05, 4.69) is 48.6 Å². The van der Waals surface area contributed by atoms with Crippen molar-refractivity contribution in [1.29, 1.82) is 0 Å². The molecule has 3 aromatic carbocycles. The molecule has 1 aliphatic rings. The van der Waals surface area contributed by atoms with Gasteiger partial charge in [-0.2, -0.15) is 0 Å². The molecule has 0 saturated carbocycles. The largest absolute Gasteiger partial charge is 0.494 e. The second kappa shape index (κ2) is 10.5. The lowest BCUT2D eigenvalue weighted by atomic mass is 9.89. The molecule has 1 heterocycles. The Hall–Kier alpha value is -3.31. The Bertz CT molecular complexity index is 1050. The number of rotatable bonds is 10. The molecule has 1 aliphatic heterocycles. The highest BCUT2D eigenvalue weighted by Gasteiger charge is 2.44. The average molecular weight is 445 g/mol. The second-order valence-electron chi connectivity index (χ2n) is 8.30. The van der Waals surface area contributed by atoms with Crippen molar-refractivity contribution in [2.24, 2.45) is 0 Å². The summed E-state index contributed by atoms with van der Waals surface area (Å²) in [5, 5.41) is 3.66. The van der Waals surface area contributed by atoms with E-state index in [0.717, 1.165) is 29.8 Å². The van der Waals surface area contributed by atoms with E-state index < -0.39 is 5.66 Å². The summed E-state index contributed by atoms with van der Waals surface area (Å²) < 4.78 is 11.3. The normalized spacial score (nSPS) is 17.4. The van der Waals surface area contributed by atoms with Gasteiger partial charge in [0.15, 0.2) is 0 Å². The van der Waals surface area contributed by atoms with Gasteiger partial charge in [0, 0.05) is 19.3 Å². The third-order valence-electron chi connectivity index (χ3n) is 6.29. The number of carbonyl (C=O) groups excluding carboxylic acids is 1. The van der Waals surface area contributed by atoms with Crippen molar-refractivity contribution in [3.05, 3.63) is 95.6 Å². The molecular formula is C28H32N2O3. The van der Waals surface area contributed by atoms with Crippen LogP contribution in [0.5, 0.6) is 5.75 Å². The molecule has 0 fully saturated rings. The van der Waals surface area contributed by atoms with E-state index in [1.54, 1.807) is 7.11 Å². The topological polar surface area (TPSA) is 50.8 Å². The van der Waals surface area contributed by atoms with Gasteiger partial charge in [0.25, 0.3) is 5.91 Å². The Kier molecular flexibility index (Phi) is 7.30. The molecule has 0 aliphatic carbocycles. The number of hydrogen-bond acceptors (Lipinski definition) is 4. The van der Waals surface area contributed by atoms with E-state index in [0.29, 0.717) is 31.7 Å². The van der Waals surface area contributed by atoms with E-state index in [1.807, 2.05) is 47.4 Å². The van der Waals surface area contributed by atoms with E-state index >= 15 is 0 Å². The number of carbonyl (C=O) groups is 1. The van der Waals surface area contributed by atoms with Gasteiger partial charge in [0.2, 0.25) is 0 Å². The van der Waals surface area contributed by atoms with Crippen molar-refractivity contribution in [2.45, 2.75) is 31.8 Å². The van der Waals surface area contributed by atoms with Gasteiger partial charge in [0.1, 0.15) is 11.4 Å². The second-order valence-corrected chi connectivity index (χ2v) is 8.30. The van der Waals surface area contributed by atoms with Gasteiger partial charge < -0.3 is 19.7 Å². The summed E-state index contributed by atoms with van der Waals surface area (Å²) in [7, 11) is 1.66. The highest BCUT2D eigenvalue weighted by molar-refractivity contribution is 6.02. The lowest BCUT2D eigenvalue weighted by Crippen LogP contribution is -2.58. The predicted molar refractivity (Wildman–Crippen MR) is 132 cm³/mol. The number of benzene rings is 3. The number of anilines is 1. The van der Waals surface area contributed by atoms with Crippen LogP contribution in [0.3, 0.4) is 0 Å². The van der Waals surface area contributed by atoms with Crippen LogP contribution in [0.15, 0.2) is 78.9 Å². The summed E-state index contributed by atoms with van der Waals surface area (Å²) in [6.45, 7) is 3.74. The highest BCUT2D eigenvalue weighted by atomic mass is 16.5. The first-order chi connectivity index (χ1) is 16.2. The molecule has 1 N–H and O–H groups in total. The number of nitrogens with one attached hydrogen (secondary N) is 1. The fourth-order valence-electron chi connectivity index (χ4n) is 4.51. The Morgan fingerprint density at radius 1 is 0.909 bits per heavy atom. The first-order valence-corrected chi connectivity index (χ1v) is 11.6. The molecule has 5 nitrogen and oxygen atoms in total. The van der Waals surface area contributed by atoms with E-state index in [9.17, 15) is 4.79 Å². The standard InChI is InChI=1S/C28H32N2O3/c1-3-28(29-26-14-8-7-13-25(26)27(31)30(28)19-21-32-2)23-15-17-24(18-16-23)33-20-9-12-22-10-5-4-6-11-22/h4-8,10-11,13-18,29H,3,9,12,19-21H2,1-2H3. The Morgan fingerprint density at radius 3 is 2.36 bits per heavy atom. The van der Waals surface area contributed by atoms with Crippen LogP contribution in [0.1, 0.15) is 41.3 Å². The molecular weight excluding hydrogens is 412 g/mol. The minimum absolute atomic E-state index is 0.0180. The molecule has 1 unspecified atom stereocenters. The summed E-state index contributed by atoms with van der Waals surface area (Å²) >= 11 is 0. The molecule has 1 amide bonds. The zero-order chi connectivity index (χ0) is 23.1. The molecule has 5 heteroatoms. The third kappa shape index (κ3) is 4.88. The van der Waals surface area contributed by atoms with E-state index in [-0.39, 0.29) is 5.91 Å². The van der Waals surface area contributed by atoms with Gasteiger partial charge in [-0.1, -0.05) is 61.5 Å². The Balaban J connectivity index is 1.50. The zero-order valence-electron chi connectivity index (χ0n) is 19.4. The molecule has 0 bridgehead atoms. The molecule has 0 aromatic heterocycles. The maximum atomic E-state index is 13.4. The molecule has 0 radical (unpaired) electrons. The highest BCUT2D eigenvalue weighted by Crippen LogP contribution is 2.40. The fraction of sp³-hybridized carbons (Fsp3) is 0.321. The van der Waals surface area contributed by atoms with Gasteiger partial charge in [-0.25, -0.2) is 0 Å². The van der Waals surface area contributed by atoms with Crippen molar-refractivity contribution in [3.8, 4) is 5.75 Å². The van der Waals surface area contributed by atoms with Crippen LogP contribution in [0.2, 0.25) is 0 Å². The molecule has 172 valence electrons. The zero-order valence-corrected chi connectivity index (χ0v) is 19.4. The van der Waals surface area contributed by atoms with Gasteiger partial charge in [0.05, 0.1) is 18.8 Å². The molecule has 33 heavy (non-hydrogen) atoms. The average Bonchev–Trinajstić information content (AvgIpc) is 2.87. The molecule has 4 rings (SSSR count). The Morgan fingerprint density at radius 2 is 1.64 bits per heavy atom. The summed E-state index contributed by atoms with van der Waals surface area (Å²) in [6.07, 6.45) is 2.67. The van der Waals surface area contributed by atoms with Crippen molar-refractivity contribution >= 4 is 11.6 Å². The summed E-state index contributed by atoms with van der Waals surface area (Å²) in [4.78, 5) is 15.3. The number of hydrogen-bond donors (Lipinski definition) is 1. The van der Waals surface area contributed by atoms with E-state index in [4.69, 9.17) is 9.47 Å². The smallest absolute Gasteiger partial charge is 0.258 e. The van der Waals surface area contributed by atoms with Crippen LogP contribution in [0.4, 0.5) is 5.69 Å². The number of amides is 1. The minimum Gasteiger partial charge on any atom is -0.494 e. The lowest BCUT2D eigenvalue weighted by Gasteiger charge is -2.48. The van der Waals surface area contributed by atoms with Gasteiger partial charge >= 0.3 is 0 Å². The van der Waals surface area contributed by atoms with Crippen LogP contribution < -0.4 is 10.1 Å². The van der Waals surface area contributed by atoms with Crippen molar-refractivity contribution in [3.63, 3.8) is 0 Å². The monoisotopic (exact) mass is 444 g/mol. The molecule has 0 spiro atoms. The number of fused-ring (bicyclic) bond motifs is 1. The van der Waals surface area contributed by atoms with Crippen molar-refractivity contribution < 1.29 is 14.3 Å². The van der Waals surface area contributed by atoms with Crippen LogP contribution in [0, 0.1) is 0 Å². The Labute approximate surface area is 196 Å². The number of para-hydroxylation sites is 1. The van der Waals surface area contributed by atoms with Crippen molar-refractivity contribution in [2.75, 3.05) is 32.2 Å². The molecule has 0 saturated heterocycles. The van der Waals surface area contributed by atoms with Gasteiger partial charge in [-0.05, 0) is 54.7 Å². The summed E-state index contributed by atoms with van der Waals surface area (Å²) in [6, 6.07) is 26.3. The number of ether oxygens (including phenoxy) is 2. The molecule has 1 atom stereocenters. The maximum absolute atomic E-state index is 13.4. The summed E-state index contributed by atoms with van der Waals surface area (Å²) in [5.41, 5.74) is 3.26. The number of aryl methyl sites for hydroxylation is 1. The van der Waals surface area contributed by atoms with Crippen LogP contribution in [0.25, 0.3) is 0 Å². The minimum atomic E-state index is -0.643.